The van der Waals surface area contributed by atoms with Crippen LogP contribution in [0.2, 0.25) is 0 Å². The highest BCUT2D eigenvalue weighted by Crippen LogP contribution is 1.91. The van der Waals surface area contributed by atoms with Gasteiger partial charge < -0.3 is 10.1 Å². The van der Waals surface area contributed by atoms with Gasteiger partial charge in [-0.05, 0) is 12.3 Å². The van der Waals surface area contributed by atoms with E-state index in [1.165, 1.54) is 0 Å². The van der Waals surface area contributed by atoms with Gasteiger partial charge >= 0.3 is 0 Å². The number of nitrogens with one attached hydrogen (secondary N) is 1. The molecule has 0 saturated heterocycles. The highest BCUT2D eigenvalue weighted by Gasteiger charge is 2.00. The average Bonchev–Trinajstić information content (AvgIpc) is 2.04. The molecule has 0 heterocycles. The van der Waals surface area contributed by atoms with E-state index in [1.807, 2.05) is 0 Å². The first-order chi connectivity index (χ1) is 6.16. The molecule has 3 nitrogen and oxygen atoms in total. The maximum Gasteiger partial charge on any atom is 0.245 e. The molecule has 0 atom stereocenters. The van der Waals surface area contributed by atoms with Crippen molar-refractivity contribution in [3.8, 4) is 0 Å². The molecular formula is C10H21NO2. The molecule has 0 spiro atoms. The van der Waals surface area contributed by atoms with Gasteiger partial charge in [-0.25, -0.2) is 0 Å². The Balaban J connectivity index is 3.20. The van der Waals surface area contributed by atoms with Crippen molar-refractivity contribution >= 4 is 5.91 Å². The molecule has 0 rings (SSSR count). The molecule has 0 aliphatic heterocycles. The average molecular weight is 187 g/mol. The van der Waals surface area contributed by atoms with Crippen molar-refractivity contribution in [2.24, 2.45) is 5.92 Å². The molecule has 0 aliphatic rings. The minimum atomic E-state index is -0.00546. The molecule has 0 unspecified atom stereocenters. The summed E-state index contributed by atoms with van der Waals surface area (Å²) >= 11 is 0. The molecule has 0 aromatic carbocycles. The standard InChI is InChI=1S/C10H21NO2/c1-4-5-6-11-10(12)8-13-7-9(2)3/h9H,4-8H2,1-3H3,(H,11,12). The van der Waals surface area contributed by atoms with Gasteiger partial charge in [0.1, 0.15) is 6.61 Å². The summed E-state index contributed by atoms with van der Waals surface area (Å²) in [6, 6.07) is 0. The molecule has 1 N–H and O–H groups in total. The van der Waals surface area contributed by atoms with Crippen molar-refractivity contribution in [2.45, 2.75) is 33.6 Å². The zero-order valence-electron chi connectivity index (χ0n) is 8.93. The van der Waals surface area contributed by atoms with Crippen LogP contribution in [0, 0.1) is 5.92 Å². The lowest BCUT2D eigenvalue weighted by atomic mass is 10.2. The Morgan fingerprint density at radius 3 is 2.69 bits per heavy atom. The first-order valence-corrected chi connectivity index (χ1v) is 5.01. The van der Waals surface area contributed by atoms with Gasteiger partial charge in [0.25, 0.3) is 0 Å². The fourth-order valence-electron chi connectivity index (χ4n) is 0.843. The summed E-state index contributed by atoms with van der Waals surface area (Å²) in [5, 5.41) is 2.79. The largest absolute Gasteiger partial charge is 0.371 e. The van der Waals surface area contributed by atoms with Crippen LogP contribution >= 0.6 is 0 Å². The summed E-state index contributed by atoms with van der Waals surface area (Å²) in [4.78, 5) is 11.1. The van der Waals surface area contributed by atoms with Gasteiger partial charge in [0.15, 0.2) is 0 Å². The molecular weight excluding hydrogens is 166 g/mol. The quantitative estimate of drug-likeness (QED) is 0.614. The van der Waals surface area contributed by atoms with Crippen molar-refractivity contribution in [1.82, 2.24) is 5.32 Å². The third-order valence-electron chi connectivity index (χ3n) is 1.54. The molecule has 0 aliphatic carbocycles. The Labute approximate surface area is 80.8 Å². The third-order valence-corrected chi connectivity index (χ3v) is 1.54. The number of hydrogen-bond donors (Lipinski definition) is 1. The summed E-state index contributed by atoms with van der Waals surface area (Å²) in [7, 11) is 0. The zero-order chi connectivity index (χ0) is 10.1. The Kier molecular flexibility index (Phi) is 7.69. The number of unbranched alkanes of at least 4 members (excludes halogenated alkanes) is 1. The summed E-state index contributed by atoms with van der Waals surface area (Å²) in [6.45, 7) is 7.84. The minimum absolute atomic E-state index is 0.00546. The maximum absolute atomic E-state index is 11.1. The lowest BCUT2D eigenvalue weighted by Gasteiger charge is -2.07. The van der Waals surface area contributed by atoms with Gasteiger partial charge in [-0.15, -0.1) is 0 Å². The SMILES string of the molecule is CCCCNC(=O)COCC(C)C. The molecule has 1 amide bonds. The molecule has 13 heavy (non-hydrogen) atoms. The molecule has 0 radical (unpaired) electrons. The molecule has 3 heteroatoms. The predicted molar refractivity (Wildman–Crippen MR) is 53.6 cm³/mol. The predicted octanol–water partition coefficient (Wildman–Crippen LogP) is 1.58. The monoisotopic (exact) mass is 187 g/mol. The van der Waals surface area contributed by atoms with Gasteiger partial charge in [0, 0.05) is 13.2 Å². The van der Waals surface area contributed by atoms with E-state index in [0.717, 1.165) is 19.4 Å². The fraction of sp³-hybridized carbons (Fsp3) is 0.900. The van der Waals surface area contributed by atoms with Crippen molar-refractivity contribution in [3.63, 3.8) is 0 Å². The molecule has 78 valence electrons. The molecule has 0 aromatic rings. The summed E-state index contributed by atoms with van der Waals surface area (Å²) < 4.78 is 5.18. The number of carbonyl (C=O) groups excluding carboxylic acids is 1. The van der Waals surface area contributed by atoms with Crippen molar-refractivity contribution in [1.29, 1.82) is 0 Å². The van der Waals surface area contributed by atoms with E-state index in [4.69, 9.17) is 4.74 Å². The molecule has 0 aromatic heterocycles. The van der Waals surface area contributed by atoms with Crippen molar-refractivity contribution in [2.75, 3.05) is 19.8 Å². The second kappa shape index (κ2) is 8.05. The van der Waals surface area contributed by atoms with E-state index in [2.05, 4.69) is 26.1 Å². The van der Waals surface area contributed by atoms with Crippen LogP contribution in [0.25, 0.3) is 0 Å². The van der Waals surface area contributed by atoms with Crippen LogP contribution in [0.4, 0.5) is 0 Å². The van der Waals surface area contributed by atoms with E-state index >= 15 is 0 Å². The minimum Gasteiger partial charge on any atom is -0.371 e. The lowest BCUT2D eigenvalue weighted by molar-refractivity contribution is -0.126. The Hall–Kier alpha value is -0.570. The fourth-order valence-corrected chi connectivity index (χ4v) is 0.843. The third kappa shape index (κ3) is 9.34. The van der Waals surface area contributed by atoms with Crippen LogP contribution in [-0.4, -0.2) is 25.7 Å². The lowest BCUT2D eigenvalue weighted by Crippen LogP contribution is -2.28. The zero-order valence-corrected chi connectivity index (χ0v) is 8.93. The van der Waals surface area contributed by atoms with Crippen LogP contribution < -0.4 is 5.32 Å². The normalized spacial score (nSPS) is 10.5. The van der Waals surface area contributed by atoms with Crippen LogP contribution in [0.1, 0.15) is 33.6 Å². The summed E-state index contributed by atoms with van der Waals surface area (Å²) in [5.74, 6) is 0.484. The topological polar surface area (TPSA) is 38.3 Å². The number of ether oxygens (including phenoxy) is 1. The second-order valence-corrected chi connectivity index (χ2v) is 3.61. The van der Waals surface area contributed by atoms with Gasteiger partial charge in [0.2, 0.25) is 5.91 Å². The van der Waals surface area contributed by atoms with Crippen molar-refractivity contribution in [3.05, 3.63) is 0 Å². The molecule has 0 bridgehead atoms. The highest BCUT2D eigenvalue weighted by molar-refractivity contribution is 5.77. The van der Waals surface area contributed by atoms with E-state index in [9.17, 15) is 4.79 Å². The first kappa shape index (κ1) is 12.4. The van der Waals surface area contributed by atoms with E-state index in [0.29, 0.717) is 12.5 Å². The van der Waals surface area contributed by atoms with E-state index in [-0.39, 0.29) is 12.5 Å². The number of hydrogen-bond acceptors (Lipinski definition) is 2. The Morgan fingerprint density at radius 2 is 2.15 bits per heavy atom. The van der Waals surface area contributed by atoms with Gasteiger partial charge in [-0.2, -0.15) is 0 Å². The number of rotatable bonds is 7. The first-order valence-electron chi connectivity index (χ1n) is 5.01. The van der Waals surface area contributed by atoms with Gasteiger partial charge in [0.05, 0.1) is 0 Å². The van der Waals surface area contributed by atoms with E-state index in [1.54, 1.807) is 0 Å². The Morgan fingerprint density at radius 1 is 1.46 bits per heavy atom. The van der Waals surface area contributed by atoms with Crippen LogP contribution in [-0.2, 0) is 9.53 Å². The number of amides is 1. The Bertz CT molecular complexity index is 135. The molecule has 0 fully saturated rings. The van der Waals surface area contributed by atoms with E-state index < -0.39 is 0 Å². The highest BCUT2D eigenvalue weighted by atomic mass is 16.5. The van der Waals surface area contributed by atoms with Gasteiger partial charge in [-0.1, -0.05) is 27.2 Å². The number of carbonyl (C=O) groups is 1. The smallest absolute Gasteiger partial charge is 0.245 e. The summed E-state index contributed by atoms with van der Waals surface area (Å²) in [5.41, 5.74) is 0. The van der Waals surface area contributed by atoms with Crippen molar-refractivity contribution < 1.29 is 9.53 Å². The maximum atomic E-state index is 11.1. The summed E-state index contributed by atoms with van der Waals surface area (Å²) in [6.07, 6.45) is 2.14. The van der Waals surface area contributed by atoms with Gasteiger partial charge in [-0.3, -0.25) is 4.79 Å². The van der Waals surface area contributed by atoms with Crippen LogP contribution in [0.3, 0.4) is 0 Å². The van der Waals surface area contributed by atoms with Crippen LogP contribution in [0.5, 0.6) is 0 Å². The van der Waals surface area contributed by atoms with Crippen LogP contribution in [0.15, 0.2) is 0 Å². The molecule has 0 saturated carbocycles. The second-order valence-electron chi connectivity index (χ2n) is 3.61.